The monoisotopic (exact) mass is 413 g/mol. The number of para-hydroxylation sites is 2. The maximum atomic E-state index is 12.9. The van der Waals surface area contributed by atoms with Crippen LogP contribution in [0.15, 0.2) is 77.7 Å². The van der Waals surface area contributed by atoms with Crippen molar-refractivity contribution in [2.45, 2.75) is 6.54 Å². The van der Waals surface area contributed by atoms with Gasteiger partial charge in [-0.3, -0.25) is 19.3 Å². The first-order valence-corrected chi connectivity index (χ1v) is 9.41. The number of carbonyl (C=O) groups excluding carboxylic acids is 3. The van der Waals surface area contributed by atoms with E-state index in [0.29, 0.717) is 17.1 Å². The minimum absolute atomic E-state index is 0.0339. The summed E-state index contributed by atoms with van der Waals surface area (Å²) in [5.41, 5.74) is 1.88. The molecule has 4 aromatic rings. The summed E-state index contributed by atoms with van der Waals surface area (Å²) in [4.78, 5) is 39.4. The number of benzene rings is 2. The second kappa shape index (κ2) is 7.38. The van der Waals surface area contributed by atoms with Crippen molar-refractivity contribution in [3.63, 3.8) is 0 Å². The van der Waals surface area contributed by atoms with Gasteiger partial charge in [0.25, 0.3) is 17.7 Å². The number of furan rings is 1. The number of rotatable bonds is 5. The molecule has 0 spiro atoms. The number of carbonyl (C=O) groups is 3. The molecule has 0 saturated heterocycles. The van der Waals surface area contributed by atoms with Gasteiger partial charge in [-0.15, -0.1) is 5.10 Å². The van der Waals surface area contributed by atoms with Gasteiger partial charge < -0.3 is 9.73 Å². The largest absolute Gasteiger partial charge is 0.467 e. The van der Waals surface area contributed by atoms with Crippen LogP contribution >= 0.6 is 0 Å². The topological polar surface area (TPSA) is 110 Å². The average molecular weight is 413 g/mol. The lowest BCUT2D eigenvalue weighted by Crippen LogP contribution is -2.28. The van der Waals surface area contributed by atoms with Crippen molar-refractivity contribution in [2.24, 2.45) is 0 Å². The van der Waals surface area contributed by atoms with Crippen LogP contribution in [0.4, 0.5) is 5.69 Å². The lowest BCUT2D eigenvalue weighted by molar-refractivity contribution is 0.0631. The van der Waals surface area contributed by atoms with E-state index in [1.54, 1.807) is 36.5 Å². The van der Waals surface area contributed by atoms with Crippen LogP contribution in [0.2, 0.25) is 0 Å². The summed E-state index contributed by atoms with van der Waals surface area (Å²) in [5, 5.41) is 10.6. The molecule has 9 heteroatoms. The zero-order valence-electron chi connectivity index (χ0n) is 16.1. The van der Waals surface area contributed by atoms with Crippen LogP contribution < -0.4 is 5.32 Å². The third-order valence-electron chi connectivity index (χ3n) is 4.95. The number of amides is 3. The molecule has 1 aliphatic heterocycles. The Morgan fingerprint density at radius 3 is 2.61 bits per heavy atom. The van der Waals surface area contributed by atoms with Crippen LogP contribution in [0.25, 0.3) is 5.69 Å². The van der Waals surface area contributed by atoms with Gasteiger partial charge in [-0.2, -0.15) is 0 Å². The van der Waals surface area contributed by atoms with Crippen LogP contribution in [0.1, 0.15) is 36.8 Å². The van der Waals surface area contributed by atoms with E-state index in [0.717, 1.165) is 4.90 Å². The number of imide groups is 1. The molecule has 31 heavy (non-hydrogen) atoms. The summed E-state index contributed by atoms with van der Waals surface area (Å²) < 4.78 is 6.77. The summed E-state index contributed by atoms with van der Waals surface area (Å²) in [5.74, 6) is -0.800. The molecule has 152 valence electrons. The van der Waals surface area contributed by atoms with Gasteiger partial charge in [0.2, 0.25) is 0 Å². The van der Waals surface area contributed by atoms with E-state index in [9.17, 15) is 14.4 Å². The minimum Gasteiger partial charge on any atom is -0.467 e. The number of hydrogen-bond acceptors (Lipinski definition) is 6. The highest BCUT2D eigenvalue weighted by atomic mass is 16.3. The first-order valence-electron chi connectivity index (χ1n) is 9.41. The van der Waals surface area contributed by atoms with Crippen molar-refractivity contribution in [1.82, 2.24) is 19.9 Å². The van der Waals surface area contributed by atoms with Gasteiger partial charge in [-0.1, -0.05) is 17.3 Å². The second-order valence-corrected chi connectivity index (χ2v) is 6.86. The molecule has 0 radical (unpaired) electrons. The smallest absolute Gasteiger partial charge is 0.261 e. The molecule has 0 aliphatic carbocycles. The zero-order valence-corrected chi connectivity index (χ0v) is 16.1. The van der Waals surface area contributed by atoms with E-state index in [4.69, 9.17) is 4.42 Å². The number of nitrogens with zero attached hydrogens (tertiary/aromatic N) is 4. The second-order valence-electron chi connectivity index (χ2n) is 6.86. The Hall–Kier alpha value is -4.53. The summed E-state index contributed by atoms with van der Waals surface area (Å²) in [7, 11) is 0. The van der Waals surface area contributed by atoms with Gasteiger partial charge in [0, 0.05) is 5.56 Å². The highest BCUT2D eigenvalue weighted by Gasteiger charge is 2.36. The Balaban J connectivity index is 1.40. The van der Waals surface area contributed by atoms with Gasteiger partial charge in [0.15, 0.2) is 0 Å². The number of fused-ring (bicyclic) bond motifs is 1. The van der Waals surface area contributed by atoms with E-state index in [-0.39, 0.29) is 23.2 Å². The van der Waals surface area contributed by atoms with Crippen LogP contribution in [-0.4, -0.2) is 37.6 Å². The third kappa shape index (κ3) is 3.27. The van der Waals surface area contributed by atoms with E-state index >= 15 is 0 Å². The predicted octanol–water partition coefficient (Wildman–Crippen LogP) is 2.91. The molecule has 3 amide bonds. The minimum atomic E-state index is -0.464. The van der Waals surface area contributed by atoms with Gasteiger partial charge in [0.1, 0.15) is 5.76 Å². The van der Waals surface area contributed by atoms with Gasteiger partial charge in [0.05, 0.1) is 47.7 Å². The van der Waals surface area contributed by atoms with Crippen LogP contribution in [0.5, 0.6) is 0 Å². The Bertz CT molecular complexity index is 1300. The molecule has 5 rings (SSSR count). The normalized spacial score (nSPS) is 12.8. The van der Waals surface area contributed by atoms with Crippen LogP contribution in [-0.2, 0) is 6.54 Å². The lowest BCUT2D eigenvalue weighted by atomic mass is 10.1. The Labute approximate surface area is 175 Å². The molecule has 9 nitrogen and oxygen atoms in total. The fourth-order valence-corrected chi connectivity index (χ4v) is 3.44. The van der Waals surface area contributed by atoms with Gasteiger partial charge in [-0.25, -0.2) is 4.68 Å². The predicted molar refractivity (Wildman–Crippen MR) is 109 cm³/mol. The quantitative estimate of drug-likeness (QED) is 0.504. The van der Waals surface area contributed by atoms with E-state index in [1.807, 2.05) is 6.07 Å². The van der Waals surface area contributed by atoms with Crippen molar-refractivity contribution >= 4 is 23.4 Å². The molecule has 0 saturated carbocycles. The first kappa shape index (κ1) is 18.5. The Kier molecular flexibility index (Phi) is 4.40. The van der Waals surface area contributed by atoms with Crippen molar-refractivity contribution in [3.8, 4) is 5.69 Å². The molecule has 3 heterocycles. The van der Waals surface area contributed by atoms with Crippen molar-refractivity contribution in [2.75, 3.05) is 5.32 Å². The first-order chi connectivity index (χ1) is 15.1. The molecule has 0 fully saturated rings. The van der Waals surface area contributed by atoms with E-state index < -0.39 is 17.7 Å². The number of nitrogens with one attached hydrogen (secondary N) is 1. The molecule has 0 atom stereocenters. The van der Waals surface area contributed by atoms with Crippen LogP contribution in [0, 0.1) is 0 Å². The number of anilines is 1. The zero-order chi connectivity index (χ0) is 21.4. The lowest BCUT2D eigenvalue weighted by Gasteiger charge is -2.11. The molecule has 0 bridgehead atoms. The summed E-state index contributed by atoms with van der Waals surface area (Å²) in [6.45, 7) is 0.0339. The molecule has 1 N–H and O–H groups in total. The molecule has 2 aromatic heterocycles. The number of aromatic nitrogens is 3. The average Bonchev–Trinajstić information content (AvgIpc) is 3.54. The summed E-state index contributed by atoms with van der Waals surface area (Å²) in [6.07, 6.45) is 4.68. The Morgan fingerprint density at radius 2 is 1.84 bits per heavy atom. The van der Waals surface area contributed by atoms with Crippen molar-refractivity contribution in [1.29, 1.82) is 0 Å². The molecule has 2 aromatic carbocycles. The Morgan fingerprint density at radius 1 is 1.00 bits per heavy atom. The molecular formula is C22H15N5O4. The molecule has 1 aliphatic rings. The van der Waals surface area contributed by atoms with Crippen LogP contribution in [0.3, 0.4) is 0 Å². The third-order valence-corrected chi connectivity index (χ3v) is 4.95. The van der Waals surface area contributed by atoms with E-state index in [1.165, 1.54) is 35.3 Å². The van der Waals surface area contributed by atoms with Crippen molar-refractivity contribution < 1.29 is 18.8 Å². The highest BCUT2D eigenvalue weighted by molar-refractivity contribution is 6.22. The van der Waals surface area contributed by atoms with Gasteiger partial charge in [-0.05, 0) is 42.5 Å². The molecular weight excluding hydrogens is 398 g/mol. The van der Waals surface area contributed by atoms with Crippen molar-refractivity contribution in [3.05, 3.63) is 95.7 Å². The fourth-order valence-electron chi connectivity index (χ4n) is 3.44. The highest BCUT2D eigenvalue weighted by Crippen LogP contribution is 2.27. The molecule has 0 unspecified atom stereocenters. The fraction of sp³-hybridized carbons (Fsp3) is 0.0455. The van der Waals surface area contributed by atoms with Gasteiger partial charge >= 0.3 is 0 Å². The SMILES string of the molecule is O=C(Nc1ccccc1-n1ccnn1)c1ccc2c(c1)C(=O)N(Cc1ccco1)C2=O. The summed E-state index contributed by atoms with van der Waals surface area (Å²) in [6, 6.07) is 15.0. The number of hydrogen-bond donors (Lipinski definition) is 1. The maximum Gasteiger partial charge on any atom is 0.261 e. The summed E-state index contributed by atoms with van der Waals surface area (Å²) >= 11 is 0. The van der Waals surface area contributed by atoms with E-state index in [2.05, 4.69) is 15.6 Å². The standard InChI is InChI=1S/C22H15N5O4/c28-20(24-18-5-1-2-6-19(18)27-10-9-23-25-27)14-7-8-16-17(12-14)22(30)26(21(16)29)13-15-4-3-11-31-15/h1-12H,13H2,(H,24,28). The maximum absolute atomic E-state index is 12.9.